The molecule has 0 amide bonds. The topological polar surface area (TPSA) is 47.6 Å². The van der Waals surface area contributed by atoms with Gasteiger partial charge in [0.25, 0.3) is 0 Å². The lowest BCUT2D eigenvalue weighted by atomic mass is 9.93. The largest absolute Gasteiger partial charge is 0.496 e. The summed E-state index contributed by atoms with van der Waals surface area (Å²) in [4.78, 5) is 13.8. The van der Waals surface area contributed by atoms with Gasteiger partial charge in [-0.1, -0.05) is 61.1 Å². The minimum atomic E-state index is -0.713. The Balaban J connectivity index is 1.56. The lowest BCUT2D eigenvalue weighted by Crippen LogP contribution is -2.24. The highest BCUT2D eigenvalue weighted by molar-refractivity contribution is 7.20. The molecule has 1 aromatic heterocycles. The molecule has 3 aromatic rings. The van der Waals surface area contributed by atoms with Crippen LogP contribution in [0.1, 0.15) is 18.4 Å². The van der Waals surface area contributed by atoms with E-state index in [1.165, 1.54) is 11.3 Å². The van der Waals surface area contributed by atoms with Crippen molar-refractivity contribution < 1.29 is 14.3 Å². The Kier molecular flexibility index (Phi) is 7.17. The Labute approximate surface area is 206 Å². The third kappa shape index (κ3) is 4.98. The van der Waals surface area contributed by atoms with Crippen LogP contribution in [0.5, 0.6) is 5.75 Å². The standard InChI is InChI=1S/C26H30ClNO3SSi/c1-28-21-16-23(27)32-24(21)18-7-10-20(22(15-18)30-2)17-5-8-19(9-6-17)26(11-12-26)25(29)31-13-14-33(3)4/h5-10,15-16,28,33H,11-14H2,1-4H3. The molecule has 1 aliphatic carbocycles. The molecule has 0 atom stereocenters. The molecule has 174 valence electrons. The van der Waals surface area contributed by atoms with Gasteiger partial charge in [0.05, 0.1) is 34.0 Å². The molecule has 2 aromatic carbocycles. The van der Waals surface area contributed by atoms with Crippen LogP contribution >= 0.6 is 22.9 Å². The monoisotopic (exact) mass is 499 g/mol. The number of benzene rings is 2. The molecule has 0 saturated heterocycles. The predicted octanol–water partition coefficient (Wildman–Crippen LogP) is 6.85. The lowest BCUT2D eigenvalue weighted by molar-refractivity contribution is -0.146. The highest BCUT2D eigenvalue weighted by Gasteiger charge is 2.52. The number of hydrogen-bond donors (Lipinski definition) is 1. The van der Waals surface area contributed by atoms with Crippen LogP contribution in [0.15, 0.2) is 48.5 Å². The maximum atomic E-state index is 12.8. The van der Waals surface area contributed by atoms with Crippen molar-refractivity contribution in [2.45, 2.75) is 37.4 Å². The fourth-order valence-corrected chi connectivity index (χ4v) is 5.88. The van der Waals surface area contributed by atoms with E-state index in [9.17, 15) is 4.79 Å². The van der Waals surface area contributed by atoms with E-state index in [-0.39, 0.29) is 5.97 Å². The zero-order valence-electron chi connectivity index (χ0n) is 19.5. The minimum Gasteiger partial charge on any atom is -0.496 e. The number of carbonyl (C=O) groups is 1. The summed E-state index contributed by atoms with van der Waals surface area (Å²) in [6.45, 7) is 5.10. The quantitative estimate of drug-likeness (QED) is 0.258. The van der Waals surface area contributed by atoms with Crippen molar-refractivity contribution in [3.05, 3.63) is 58.4 Å². The second kappa shape index (κ2) is 9.91. The van der Waals surface area contributed by atoms with E-state index < -0.39 is 14.2 Å². The van der Waals surface area contributed by atoms with Crippen molar-refractivity contribution in [1.82, 2.24) is 0 Å². The maximum absolute atomic E-state index is 12.8. The molecule has 7 heteroatoms. The molecule has 0 unspecified atom stereocenters. The molecule has 1 N–H and O–H groups in total. The first-order valence-corrected chi connectivity index (χ1v) is 15.6. The number of ether oxygens (including phenoxy) is 2. The summed E-state index contributed by atoms with van der Waals surface area (Å²) >= 11 is 7.77. The highest BCUT2D eigenvalue weighted by atomic mass is 35.5. The molecule has 4 rings (SSSR count). The predicted molar refractivity (Wildman–Crippen MR) is 142 cm³/mol. The molecular weight excluding hydrogens is 470 g/mol. The molecule has 0 bridgehead atoms. The van der Waals surface area contributed by atoms with Gasteiger partial charge >= 0.3 is 5.97 Å². The van der Waals surface area contributed by atoms with E-state index in [4.69, 9.17) is 21.1 Å². The van der Waals surface area contributed by atoms with Gasteiger partial charge in [-0.05, 0) is 47.7 Å². The van der Waals surface area contributed by atoms with E-state index in [0.29, 0.717) is 6.61 Å². The van der Waals surface area contributed by atoms with Crippen molar-refractivity contribution in [3.63, 3.8) is 0 Å². The molecule has 0 radical (unpaired) electrons. The summed E-state index contributed by atoms with van der Waals surface area (Å²) in [6.07, 6.45) is 1.72. The van der Waals surface area contributed by atoms with Gasteiger partial charge in [-0.15, -0.1) is 11.3 Å². The van der Waals surface area contributed by atoms with Crippen LogP contribution < -0.4 is 10.1 Å². The Morgan fingerprint density at radius 3 is 2.42 bits per heavy atom. The van der Waals surface area contributed by atoms with Crippen molar-refractivity contribution >= 4 is 43.4 Å². The van der Waals surface area contributed by atoms with Gasteiger partial charge in [-0.25, -0.2) is 0 Å². The molecule has 4 nitrogen and oxygen atoms in total. The molecule has 1 saturated carbocycles. The van der Waals surface area contributed by atoms with Crippen LogP contribution in [0, 0.1) is 0 Å². The van der Waals surface area contributed by atoms with Gasteiger partial charge in [0, 0.05) is 21.4 Å². The fourth-order valence-electron chi connectivity index (χ4n) is 4.06. The molecular formula is C26H30ClNO3SSi. The fraction of sp³-hybridized carbons (Fsp3) is 0.346. The van der Waals surface area contributed by atoms with E-state index >= 15 is 0 Å². The van der Waals surface area contributed by atoms with Crippen molar-refractivity contribution in [1.29, 1.82) is 0 Å². The van der Waals surface area contributed by atoms with E-state index in [1.807, 2.05) is 19.2 Å². The Bertz CT molecular complexity index is 1140. The third-order valence-electron chi connectivity index (χ3n) is 6.25. The number of esters is 1. The average molecular weight is 500 g/mol. The SMILES string of the molecule is CNc1cc(Cl)sc1-c1ccc(-c2ccc(C3(C(=O)OCC[SiH](C)C)CC3)cc2)c(OC)c1. The first kappa shape index (κ1) is 23.9. The number of rotatable bonds is 9. The normalized spacial score (nSPS) is 14.2. The van der Waals surface area contributed by atoms with Gasteiger partial charge in [-0.3, -0.25) is 4.79 Å². The van der Waals surface area contributed by atoms with E-state index in [1.54, 1.807) is 7.11 Å². The molecule has 0 aliphatic heterocycles. The highest BCUT2D eigenvalue weighted by Crippen LogP contribution is 2.50. The summed E-state index contributed by atoms with van der Waals surface area (Å²) in [6, 6.07) is 17.4. The summed E-state index contributed by atoms with van der Waals surface area (Å²) in [5, 5.41) is 3.20. The molecule has 1 aliphatic rings. The first-order chi connectivity index (χ1) is 15.9. The van der Waals surface area contributed by atoms with Crippen LogP contribution in [0.25, 0.3) is 21.6 Å². The van der Waals surface area contributed by atoms with Crippen molar-refractivity contribution in [2.75, 3.05) is 26.1 Å². The first-order valence-electron chi connectivity index (χ1n) is 11.3. The van der Waals surface area contributed by atoms with Crippen molar-refractivity contribution in [3.8, 4) is 27.3 Å². The molecule has 1 heterocycles. The number of methoxy groups -OCH3 is 1. The lowest BCUT2D eigenvalue weighted by Gasteiger charge is -2.17. The molecule has 33 heavy (non-hydrogen) atoms. The molecule has 0 spiro atoms. The van der Waals surface area contributed by atoms with Gasteiger partial charge in [0.2, 0.25) is 0 Å². The number of halogens is 1. The average Bonchev–Trinajstić information content (AvgIpc) is 3.54. The van der Waals surface area contributed by atoms with Crippen LogP contribution in [0.2, 0.25) is 23.5 Å². The summed E-state index contributed by atoms with van der Waals surface area (Å²) in [7, 11) is 2.87. The number of carbonyl (C=O) groups excluding carboxylic acids is 1. The second-order valence-corrected chi connectivity index (χ2v) is 14.0. The maximum Gasteiger partial charge on any atom is 0.316 e. The van der Waals surface area contributed by atoms with Gasteiger partial charge in [0.15, 0.2) is 0 Å². The Morgan fingerprint density at radius 1 is 1.12 bits per heavy atom. The zero-order chi connectivity index (χ0) is 23.6. The van der Waals surface area contributed by atoms with Crippen LogP contribution in [-0.2, 0) is 14.9 Å². The van der Waals surface area contributed by atoms with Crippen molar-refractivity contribution in [2.24, 2.45) is 0 Å². The summed E-state index contributed by atoms with van der Waals surface area (Å²) < 4.78 is 12.1. The van der Waals surface area contributed by atoms with Gasteiger partial charge in [0.1, 0.15) is 5.75 Å². The molecule has 1 fully saturated rings. The smallest absolute Gasteiger partial charge is 0.316 e. The number of anilines is 1. The summed E-state index contributed by atoms with van der Waals surface area (Å²) in [5.74, 6) is 0.729. The Hall–Kier alpha value is -2.28. The number of hydrogen-bond acceptors (Lipinski definition) is 5. The number of nitrogens with one attached hydrogen (secondary N) is 1. The Morgan fingerprint density at radius 2 is 1.82 bits per heavy atom. The minimum absolute atomic E-state index is 0.0678. The van der Waals surface area contributed by atoms with Crippen LogP contribution in [0.4, 0.5) is 5.69 Å². The number of thiophene rings is 1. The van der Waals surface area contributed by atoms with E-state index in [0.717, 1.165) is 61.8 Å². The van der Waals surface area contributed by atoms with Gasteiger partial charge in [-0.2, -0.15) is 0 Å². The second-order valence-electron chi connectivity index (χ2n) is 8.94. The third-order valence-corrected chi connectivity index (χ3v) is 8.96. The van der Waals surface area contributed by atoms with Gasteiger partial charge < -0.3 is 14.8 Å². The summed E-state index contributed by atoms with van der Waals surface area (Å²) in [5.41, 5.74) is 4.71. The zero-order valence-corrected chi connectivity index (χ0v) is 22.3. The van der Waals surface area contributed by atoms with Crippen LogP contribution in [-0.4, -0.2) is 35.5 Å². The van der Waals surface area contributed by atoms with Crippen LogP contribution in [0.3, 0.4) is 0 Å². The van der Waals surface area contributed by atoms with E-state index in [2.05, 4.69) is 54.8 Å².